The fourth-order valence-electron chi connectivity index (χ4n) is 1.37. The maximum absolute atomic E-state index is 11.3. The van der Waals surface area contributed by atoms with E-state index in [1.807, 2.05) is 0 Å². The minimum Gasteiger partial charge on any atom is -0.497 e. The van der Waals surface area contributed by atoms with Gasteiger partial charge in [0.05, 0.1) is 27.2 Å². The van der Waals surface area contributed by atoms with Crippen LogP contribution in [0.1, 0.15) is 12.5 Å². The number of carbonyl (C=O) groups is 1. The van der Waals surface area contributed by atoms with E-state index in [4.69, 9.17) is 14.2 Å². The molecule has 1 rings (SSSR count). The molecular formula is C12H16O4. The third-order valence-electron chi connectivity index (χ3n) is 2.13. The van der Waals surface area contributed by atoms with Crippen LogP contribution in [0.15, 0.2) is 18.2 Å². The Balaban J connectivity index is 2.83. The second-order valence-corrected chi connectivity index (χ2v) is 3.16. The van der Waals surface area contributed by atoms with Crippen molar-refractivity contribution in [2.75, 3.05) is 20.8 Å². The molecule has 16 heavy (non-hydrogen) atoms. The quantitative estimate of drug-likeness (QED) is 0.715. The molecule has 1 aromatic carbocycles. The molecule has 0 amide bonds. The number of ether oxygens (including phenoxy) is 3. The van der Waals surface area contributed by atoms with E-state index in [0.29, 0.717) is 18.1 Å². The Labute approximate surface area is 95.1 Å². The zero-order valence-corrected chi connectivity index (χ0v) is 9.78. The normalized spacial score (nSPS) is 9.69. The number of hydrogen-bond acceptors (Lipinski definition) is 4. The van der Waals surface area contributed by atoms with Crippen molar-refractivity contribution in [2.45, 2.75) is 13.3 Å². The van der Waals surface area contributed by atoms with Crippen LogP contribution in [-0.2, 0) is 16.0 Å². The fourth-order valence-corrected chi connectivity index (χ4v) is 1.37. The lowest BCUT2D eigenvalue weighted by Gasteiger charge is -2.09. The van der Waals surface area contributed by atoms with Gasteiger partial charge in [0.25, 0.3) is 0 Å². The van der Waals surface area contributed by atoms with E-state index >= 15 is 0 Å². The van der Waals surface area contributed by atoms with Crippen molar-refractivity contribution in [1.82, 2.24) is 0 Å². The summed E-state index contributed by atoms with van der Waals surface area (Å²) in [6, 6.07) is 5.33. The van der Waals surface area contributed by atoms with Crippen LogP contribution >= 0.6 is 0 Å². The summed E-state index contributed by atoms with van der Waals surface area (Å²) in [5.74, 6) is 1.07. The summed E-state index contributed by atoms with van der Waals surface area (Å²) in [6.07, 6.45) is 0.209. The molecule has 0 aromatic heterocycles. The SMILES string of the molecule is CCOC(=O)Cc1ccc(OC)cc1OC. The van der Waals surface area contributed by atoms with E-state index in [1.165, 1.54) is 0 Å². The molecule has 0 N–H and O–H groups in total. The topological polar surface area (TPSA) is 44.8 Å². The Morgan fingerprint density at radius 2 is 2.00 bits per heavy atom. The van der Waals surface area contributed by atoms with Gasteiger partial charge in [0, 0.05) is 11.6 Å². The van der Waals surface area contributed by atoms with E-state index in [-0.39, 0.29) is 12.4 Å². The number of benzene rings is 1. The third-order valence-corrected chi connectivity index (χ3v) is 2.13. The molecule has 0 saturated heterocycles. The van der Waals surface area contributed by atoms with Gasteiger partial charge in [-0.1, -0.05) is 6.07 Å². The zero-order chi connectivity index (χ0) is 12.0. The lowest BCUT2D eigenvalue weighted by molar-refractivity contribution is -0.142. The summed E-state index contributed by atoms with van der Waals surface area (Å²) >= 11 is 0. The molecule has 88 valence electrons. The standard InChI is InChI=1S/C12H16O4/c1-4-16-12(13)7-9-5-6-10(14-2)8-11(9)15-3/h5-6,8H,4,7H2,1-3H3. The van der Waals surface area contributed by atoms with Gasteiger partial charge in [-0.05, 0) is 13.0 Å². The third kappa shape index (κ3) is 3.15. The molecule has 4 heteroatoms. The largest absolute Gasteiger partial charge is 0.497 e. The summed E-state index contributed by atoms with van der Waals surface area (Å²) in [5.41, 5.74) is 0.793. The van der Waals surface area contributed by atoms with Gasteiger partial charge in [-0.2, -0.15) is 0 Å². The summed E-state index contributed by atoms with van der Waals surface area (Å²) in [7, 11) is 3.14. The molecule has 0 aliphatic carbocycles. The Kier molecular flexibility index (Phi) is 4.64. The van der Waals surface area contributed by atoms with Crippen molar-refractivity contribution in [3.05, 3.63) is 23.8 Å². The maximum atomic E-state index is 11.3. The van der Waals surface area contributed by atoms with E-state index in [9.17, 15) is 4.79 Å². The molecule has 0 spiro atoms. The van der Waals surface area contributed by atoms with E-state index in [0.717, 1.165) is 5.56 Å². The van der Waals surface area contributed by atoms with Crippen LogP contribution in [0.4, 0.5) is 0 Å². The molecule has 0 bridgehead atoms. The van der Waals surface area contributed by atoms with Gasteiger partial charge in [-0.15, -0.1) is 0 Å². The minimum absolute atomic E-state index is 0.209. The van der Waals surface area contributed by atoms with Gasteiger partial charge in [-0.3, -0.25) is 4.79 Å². The summed E-state index contributed by atoms with van der Waals surface area (Å²) in [6.45, 7) is 2.17. The molecule has 1 aromatic rings. The molecule has 0 saturated carbocycles. The van der Waals surface area contributed by atoms with Crippen LogP contribution in [0.2, 0.25) is 0 Å². The average Bonchev–Trinajstić information content (AvgIpc) is 2.30. The number of rotatable bonds is 5. The van der Waals surface area contributed by atoms with Crippen LogP contribution in [0.5, 0.6) is 11.5 Å². The van der Waals surface area contributed by atoms with Gasteiger partial charge < -0.3 is 14.2 Å². The Hall–Kier alpha value is -1.71. The Bertz CT molecular complexity index is 360. The van der Waals surface area contributed by atoms with Gasteiger partial charge in [0.15, 0.2) is 0 Å². The smallest absolute Gasteiger partial charge is 0.310 e. The van der Waals surface area contributed by atoms with Crippen LogP contribution < -0.4 is 9.47 Å². The summed E-state index contributed by atoms with van der Waals surface area (Å²) in [5, 5.41) is 0. The zero-order valence-electron chi connectivity index (χ0n) is 9.78. The van der Waals surface area contributed by atoms with Gasteiger partial charge in [0.1, 0.15) is 11.5 Å². The highest BCUT2D eigenvalue weighted by molar-refractivity contribution is 5.73. The van der Waals surface area contributed by atoms with Gasteiger partial charge in [-0.25, -0.2) is 0 Å². The molecule has 0 aliphatic rings. The van der Waals surface area contributed by atoms with Crippen molar-refractivity contribution in [1.29, 1.82) is 0 Å². The molecular weight excluding hydrogens is 208 g/mol. The summed E-state index contributed by atoms with van der Waals surface area (Å²) < 4.78 is 15.1. The number of hydrogen-bond donors (Lipinski definition) is 0. The van der Waals surface area contributed by atoms with E-state index in [2.05, 4.69) is 0 Å². The molecule has 0 fully saturated rings. The van der Waals surface area contributed by atoms with Gasteiger partial charge in [0.2, 0.25) is 0 Å². The van der Waals surface area contributed by atoms with Crippen molar-refractivity contribution >= 4 is 5.97 Å². The second-order valence-electron chi connectivity index (χ2n) is 3.16. The first-order valence-electron chi connectivity index (χ1n) is 5.07. The molecule has 4 nitrogen and oxygen atoms in total. The Morgan fingerprint density at radius 3 is 2.56 bits per heavy atom. The highest BCUT2D eigenvalue weighted by Gasteiger charge is 2.10. The molecule has 0 radical (unpaired) electrons. The average molecular weight is 224 g/mol. The van der Waals surface area contributed by atoms with Gasteiger partial charge >= 0.3 is 5.97 Å². The summed E-state index contributed by atoms with van der Waals surface area (Å²) in [4.78, 5) is 11.3. The maximum Gasteiger partial charge on any atom is 0.310 e. The Morgan fingerprint density at radius 1 is 1.25 bits per heavy atom. The molecule has 0 heterocycles. The molecule has 0 aliphatic heterocycles. The number of carbonyl (C=O) groups excluding carboxylic acids is 1. The predicted molar refractivity (Wildman–Crippen MR) is 59.9 cm³/mol. The number of methoxy groups -OCH3 is 2. The molecule has 0 unspecified atom stereocenters. The van der Waals surface area contributed by atoms with Crippen LogP contribution in [0.3, 0.4) is 0 Å². The van der Waals surface area contributed by atoms with Crippen molar-refractivity contribution < 1.29 is 19.0 Å². The van der Waals surface area contributed by atoms with E-state index in [1.54, 1.807) is 39.3 Å². The lowest BCUT2D eigenvalue weighted by Crippen LogP contribution is -2.08. The first kappa shape index (κ1) is 12.4. The van der Waals surface area contributed by atoms with Crippen LogP contribution in [-0.4, -0.2) is 26.8 Å². The van der Waals surface area contributed by atoms with Crippen molar-refractivity contribution in [3.63, 3.8) is 0 Å². The minimum atomic E-state index is -0.258. The van der Waals surface area contributed by atoms with Crippen LogP contribution in [0, 0.1) is 0 Å². The fraction of sp³-hybridized carbons (Fsp3) is 0.417. The lowest BCUT2D eigenvalue weighted by atomic mass is 10.1. The first-order chi connectivity index (χ1) is 7.71. The molecule has 0 atom stereocenters. The highest BCUT2D eigenvalue weighted by atomic mass is 16.5. The monoisotopic (exact) mass is 224 g/mol. The predicted octanol–water partition coefficient (Wildman–Crippen LogP) is 1.81. The van der Waals surface area contributed by atoms with E-state index < -0.39 is 0 Å². The number of esters is 1. The first-order valence-corrected chi connectivity index (χ1v) is 5.07. The second kappa shape index (κ2) is 6.00. The van der Waals surface area contributed by atoms with Crippen molar-refractivity contribution in [2.24, 2.45) is 0 Å². The van der Waals surface area contributed by atoms with Crippen molar-refractivity contribution in [3.8, 4) is 11.5 Å². The van der Waals surface area contributed by atoms with Crippen LogP contribution in [0.25, 0.3) is 0 Å². The highest BCUT2D eigenvalue weighted by Crippen LogP contribution is 2.25.